The highest BCUT2D eigenvalue weighted by Crippen LogP contribution is 2.26. The van der Waals surface area contributed by atoms with Crippen LogP contribution in [-0.2, 0) is 0 Å². The Labute approximate surface area is 128 Å². The van der Waals surface area contributed by atoms with E-state index in [-0.39, 0.29) is 11.9 Å². The largest absolute Gasteiger partial charge is 0.313 e. The van der Waals surface area contributed by atoms with Crippen LogP contribution in [0.5, 0.6) is 0 Å². The van der Waals surface area contributed by atoms with Gasteiger partial charge in [0.15, 0.2) is 0 Å². The van der Waals surface area contributed by atoms with Crippen LogP contribution >= 0.6 is 0 Å². The Morgan fingerprint density at radius 1 is 1.38 bits per heavy atom. The van der Waals surface area contributed by atoms with Gasteiger partial charge in [-0.3, -0.25) is 0 Å². The van der Waals surface area contributed by atoms with Gasteiger partial charge in [0, 0.05) is 18.6 Å². The van der Waals surface area contributed by atoms with E-state index in [0.717, 1.165) is 30.5 Å². The molecule has 0 amide bonds. The zero-order valence-electron chi connectivity index (χ0n) is 13.8. The molecule has 0 radical (unpaired) electrons. The first-order valence-corrected chi connectivity index (χ1v) is 8.20. The van der Waals surface area contributed by atoms with Crippen molar-refractivity contribution < 1.29 is 4.39 Å². The number of benzene rings is 1. The third-order valence-electron chi connectivity index (χ3n) is 4.84. The van der Waals surface area contributed by atoms with Gasteiger partial charge < -0.3 is 10.2 Å². The Morgan fingerprint density at radius 2 is 2.14 bits per heavy atom. The van der Waals surface area contributed by atoms with E-state index in [9.17, 15) is 4.39 Å². The summed E-state index contributed by atoms with van der Waals surface area (Å²) in [7, 11) is 1.96. The van der Waals surface area contributed by atoms with Gasteiger partial charge in [-0.2, -0.15) is 0 Å². The van der Waals surface area contributed by atoms with Crippen molar-refractivity contribution in [2.75, 3.05) is 20.1 Å². The minimum absolute atomic E-state index is 0.103. The minimum Gasteiger partial charge on any atom is -0.313 e. The molecule has 1 N–H and O–H groups in total. The highest BCUT2D eigenvalue weighted by Gasteiger charge is 2.27. The second-order valence-electron chi connectivity index (χ2n) is 6.63. The van der Waals surface area contributed by atoms with Crippen LogP contribution in [0, 0.1) is 18.7 Å². The van der Waals surface area contributed by atoms with Gasteiger partial charge in [0.25, 0.3) is 0 Å². The van der Waals surface area contributed by atoms with Gasteiger partial charge in [-0.15, -0.1) is 0 Å². The van der Waals surface area contributed by atoms with Crippen LogP contribution in [0.3, 0.4) is 0 Å². The number of hydrogen-bond donors (Lipinski definition) is 1. The molecule has 0 saturated carbocycles. The molecular weight excluding hydrogens is 263 g/mol. The van der Waals surface area contributed by atoms with E-state index in [1.54, 1.807) is 6.07 Å². The van der Waals surface area contributed by atoms with Crippen LogP contribution < -0.4 is 5.32 Å². The summed E-state index contributed by atoms with van der Waals surface area (Å²) in [5, 5.41) is 3.34. The molecule has 3 heteroatoms. The fraction of sp³-hybridized carbons (Fsp3) is 0.667. The van der Waals surface area contributed by atoms with E-state index in [1.165, 1.54) is 19.4 Å². The molecule has 118 valence electrons. The summed E-state index contributed by atoms with van der Waals surface area (Å²) in [6, 6.07) is 6.55. The number of halogens is 1. The zero-order valence-corrected chi connectivity index (χ0v) is 13.8. The lowest BCUT2D eigenvalue weighted by Crippen LogP contribution is -2.35. The van der Waals surface area contributed by atoms with E-state index in [0.29, 0.717) is 5.56 Å². The molecule has 1 fully saturated rings. The average molecular weight is 292 g/mol. The van der Waals surface area contributed by atoms with Gasteiger partial charge >= 0.3 is 0 Å². The Hall–Kier alpha value is -0.930. The van der Waals surface area contributed by atoms with Crippen molar-refractivity contribution in [1.29, 1.82) is 0 Å². The van der Waals surface area contributed by atoms with Crippen LogP contribution in [-0.4, -0.2) is 31.1 Å². The number of nitrogens with zero attached hydrogens (tertiary/aromatic N) is 1. The molecule has 21 heavy (non-hydrogen) atoms. The molecule has 1 heterocycles. The van der Waals surface area contributed by atoms with Gasteiger partial charge in [-0.05, 0) is 62.9 Å². The minimum atomic E-state index is -0.103. The Bertz CT molecular complexity index is 459. The SMILES string of the molecule is CNC(CCN1CCCC1C(C)C)c1ccc(C)c(F)c1. The Kier molecular flexibility index (Phi) is 5.77. The molecule has 0 spiro atoms. The maximum absolute atomic E-state index is 13.7. The van der Waals surface area contributed by atoms with Crippen LogP contribution in [0.25, 0.3) is 0 Å². The summed E-state index contributed by atoms with van der Waals surface area (Å²) < 4.78 is 13.7. The maximum Gasteiger partial charge on any atom is 0.126 e. The third-order valence-corrected chi connectivity index (χ3v) is 4.84. The first kappa shape index (κ1) is 16.4. The van der Waals surface area contributed by atoms with Crippen molar-refractivity contribution in [3.05, 3.63) is 35.1 Å². The first-order valence-electron chi connectivity index (χ1n) is 8.20. The van der Waals surface area contributed by atoms with Gasteiger partial charge in [0.2, 0.25) is 0 Å². The molecular formula is C18H29FN2. The highest BCUT2D eigenvalue weighted by atomic mass is 19.1. The van der Waals surface area contributed by atoms with E-state index in [4.69, 9.17) is 0 Å². The van der Waals surface area contributed by atoms with Crippen molar-refractivity contribution in [3.8, 4) is 0 Å². The summed E-state index contributed by atoms with van der Waals surface area (Å²) in [4.78, 5) is 2.61. The van der Waals surface area contributed by atoms with Gasteiger partial charge in [-0.1, -0.05) is 26.0 Å². The third kappa shape index (κ3) is 4.04. The molecule has 2 atom stereocenters. The normalized spacial score (nSPS) is 21.1. The van der Waals surface area contributed by atoms with Crippen LogP contribution in [0.2, 0.25) is 0 Å². The standard InChI is InChI=1S/C18H29FN2/c1-13(2)18-6-5-10-21(18)11-9-17(20-4)15-8-7-14(3)16(19)12-15/h7-8,12-13,17-18,20H,5-6,9-11H2,1-4H3. The van der Waals surface area contributed by atoms with Crippen LogP contribution in [0.1, 0.15) is 50.3 Å². The second-order valence-corrected chi connectivity index (χ2v) is 6.63. The number of hydrogen-bond acceptors (Lipinski definition) is 2. The second kappa shape index (κ2) is 7.37. The molecule has 2 nitrogen and oxygen atoms in total. The Balaban J connectivity index is 1.97. The van der Waals surface area contributed by atoms with E-state index in [1.807, 2.05) is 26.1 Å². The summed E-state index contributed by atoms with van der Waals surface area (Å²) >= 11 is 0. The lowest BCUT2D eigenvalue weighted by atomic mass is 9.99. The molecule has 0 bridgehead atoms. The molecule has 1 aromatic rings. The van der Waals surface area contributed by atoms with E-state index in [2.05, 4.69) is 24.1 Å². The summed E-state index contributed by atoms with van der Waals surface area (Å²) in [5.74, 6) is 0.617. The summed E-state index contributed by atoms with van der Waals surface area (Å²) in [6.45, 7) is 8.73. The summed E-state index contributed by atoms with van der Waals surface area (Å²) in [5.41, 5.74) is 1.77. The van der Waals surface area contributed by atoms with Crippen molar-refractivity contribution in [1.82, 2.24) is 10.2 Å². The predicted molar refractivity (Wildman–Crippen MR) is 87.0 cm³/mol. The van der Waals surface area contributed by atoms with Crippen LogP contribution in [0.4, 0.5) is 4.39 Å². The molecule has 1 aromatic carbocycles. The molecule has 2 unspecified atom stereocenters. The average Bonchev–Trinajstić information content (AvgIpc) is 2.92. The monoisotopic (exact) mass is 292 g/mol. The Morgan fingerprint density at radius 3 is 2.76 bits per heavy atom. The summed E-state index contributed by atoms with van der Waals surface area (Å²) in [6.07, 6.45) is 3.66. The predicted octanol–water partition coefficient (Wildman–Crippen LogP) is 3.91. The lowest BCUT2D eigenvalue weighted by molar-refractivity contribution is 0.197. The smallest absolute Gasteiger partial charge is 0.126 e. The quantitative estimate of drug-likeness (QED) is 0.855. The number of nitrogens with one attached hydrogen (secondary N) is 1. The maximum atomic E-state index is 13.7. The fourth-order valence-corrected chi connectivity index (χ4v) is 3.48. The van der Waals surface area contributed by atoms with Gasteiger partial charge in [0.1, 0.15) is 5.82 Å². The fourth-order valence-electron chi connectivity index (χ4n) is 3.48. The lowest BCUT2D eigenvalue weighted by Gasteiger charge is -2.29. The van der Waals surface area contributed by atoms with Gasteiger partial charge in [-0.25, -0.2) is 4.39 Å². The van der Waals surface area contributed by atoms with Crippen molar-refractivity contribution in [2.45, 2.75) is 52.1 Å². The van der Waals surface area contributed by atoms with E-state index < -0.39 is 0 Å². The molecule has 0 aromatic heterocycles. The zero-order chi connectivity index (χ0) is 15.4. The molecule has 1 aliphatic rings. The highest BCUT2D eigenvalue weighted by molar-refractivity contribution is 5.25. The molecule has 0 aliphatic carbocycles. The van der Waals surface area contributed by atoms with E-state index >= 15 is 0 Å². The number of likely N-dealkylation sites (tertiary alicyclic amines) is 1. The van der Waals surface area contributed by atoms with Crippen molar-refractivity contribution in [2.24, 2.45) is 5.92 Å². The molecule has 1 saturated heterocycles. The van der Waals surface area contributed by atoms with Crippen molar-refractivity contribution >= 4 is 0 Å². The molecule has 1 aliphatic heterocycles. The molecule has 2 rings (SSSR count). The number of aryl methyl sites for hydroxylation is 1. The topological polar surface area (TPSA) is 15.3 Å². The first-order chi connectivity index (χ1) is 10.0. The van der Waals surface area contributed by atoms with Crippen molar-refractivity contribution in [3.63, 3.8) is 0 Å². The van der Waals surface area contributed by atoms with Gasteiger partial charge in [0.05, 0.1) is 0 Å². The number of rotatable bonds is 6. The van der Waals surface area contributed by atoms with Crippen LogP contribution in [0.15, 0.2) is 18.2 Å².